The first-order valence-electron chi connectivity index (χ1n) is 3.20. The number of likely N-dealkylation sites (N-methyl/N-ethyl adjacent to an activating group) is 1. The quantitative estimate of drug-likeness (QED) is 0.293. The Kier molecular flexibility index (Phi) is 13.8. The zero-order valence-corrected chi connectivity index (χ0v) is 12.4. The summed E-state index contributed by atoms with van der Waals surface area (Å²) in [5.74, 6) is 0. The van der Waals surface area contributed by atoms with Crippen LogP contribution < -0.4 is 66.1 Å². The van der Waals surface area contributed by atoms with Crippen LogP contribution in [0.2, 0.25) is 0 Å². The predicted octanol–water partition coefficient (Wildman–Crippen LogP) is -6.14. The summed E-state index contributed by atoms with van der Waals surface area (Å²) >= 11 is 0. The van der Waals surface area contributed by atoms with Crippen LogP contribution in [0.5, 0.6) is 0 Å². The first-order chi connectivity index (χ1) is 5.06. The van der Waals surface area contributed by atoms with Crippen LogP contribution in [0.15, 0.2) is 0 Å². The number of hydrogen-bond donors (Lipinski definition) is 1. The molecule has 76 valence electrons. The Hall–Kier alpha value is 1.67. The topological polar surface area (TPSA) is 106 Å². The first kappa shape index (κ1) is 20.1. The van der Waals surface area contributed by atoms with E-state index in [0.717, 1.165) is 11.0 Å². The van der Waals surface area contributed by atoms with Crippen LogP contribution in [0.25, 0.3) is 0 Å². The van der Waals surface area contributed by atoms with Crippen molar-refractivity contribution in [3.05, 3.63) is 0 Å². The van der Waals surface area contributed by atoms with Crippen molar-refractivity contribution in [3.63, 3.8) is 0 Å². The van der Waals surface area contributed by atoms with Crippen molar-refractivity contribution in [3.8, 4) is 0 Å². The van der Waals surface area contributed by atoms with E-state index in [0.29, 0.717) is 0 Å². The van der Waals surface area contributed by atoms with Gasteiger partial charge in [-0.1, -0.05) is 0 Å². The minimum atomic E-state index is -5.39. The molecule has 0 rings (SSSR count). The molecule has 0 aromatic rings. The molecule has 0 saturated heterocycles. The summed E-state index contributed by atoms with van der Waals surface area (Å²) in [6.45, 7) is 1.11. The average Bonchev–Trinajstić information content (AvgIpc) is 1.54. The van der Waals surface area contributed by atoms with Gasteiger partial charge in [0.05, 0.1) is 27.7 Å². The van der Waals surface area contributed by atoms with Gasteiger partial charge in [0.25, 0.3) is 0 Å². The second-order valence-corrected chi connectivity index (χ2v) is 4.08. The smallest absolute Gasteiger partial charge is 0.822 e. The van der Waals surface area contributed by atoms with E-state index in [-0.39, 0.29) is 58.0 Å². The Bertz CT molecular complexity index is 145. The van der Waals surface area contributed by atoms with Gasteiger partial charge in [0.1, 0.15) is 6.54 Å². The normalized spacial score (nSPS) is 11.0. The second kappa shape index (κ2) is 8.93. The SMILES string of the molecule is C[N+](C)(C)CCO.O=P([O-])([O-])[O-].[K+]. The summed E-state index contributed by atoms with van der Waals surface area (Å²) in [6, 6.07) is 0. The van der Waals surface area contributed by atoms with Crippen LogP contribution in [0, 0.1) is 0 Å². The molecule has 0 aliphatic rings. The summed E-state index contributed by atoms with van der Waals surface area (Å²) in [4.78, 5) is 25.6. The summed E-state index contributed by atoms with van der Waals surface area (Å²) in [7, 11) is 0.767. The van der Waals surface area contributed by atoms with Gasteiger partial charge in [-0.2, -0.15) is 7.82 Å². The van der Waals surface area contributed by atoms with E-state index in [4.69, 9.17) is 24.4 Å². The molecule has 8 heteroatoms. The van der Waals surface area contributed by atoms with Crippen LogP contribution in [0.4, 0.5) is 0 Å². The van der Waals surface area contributed by atoms with Gasteiger partial charge in [-0.25, -0.2) is 0 Å². The molecule has 0 unspecified atom stereocenters. The van der Waals surface area contributed by atoms with E-state index in [1.165, 1.54) is 0 Å². The Morgan fingerprint density at radius 3 is 1.46 bits per heavy atom. The number of aliphatic hydroxyl groups excluding tert-OH is 1. The standard InChI is InChI=1S/C5H14NO.K.H3O4P/c1-6(2,3)4-5-7;;1-5(2,3)4/h7H,4-5H2,1-3H3;;(H3,1,2,3,4)/q2*+1;/p-3. The van der Waals surface area contributed by atoms with Gasteiger partial charge in [0.15, 0.2) is 0 Å². The van der Waals surface area contributed by atoms with Crippen molar-refractivity contribution in [1.29, 1.82) is 0 Å². The molecule has 0 spiro atoms. The van der Waals surface area contributed by atoms with Crippen molar-refractivity contribution in [2.75, 3.05) is 34.3 Å². The van der Waals surface area contributed by atoms with E-state index in [1.807, 2.05) is 0 Å². The molecule has 0 aromatic carbocycles. The molecule has 0 atom stereocenters. The van der Waals surface area contributed by atoms with Crippen molar-refractivity contribution in [1.82, 2.24) is 0 Å². The molecular formula is C5H14KNO5P-. The maximum atomic E-state index is 8.55. The molecule has 6 nitrogen and oxygen atoms in total. The minimum Gasteiger partial charge on any atom is -0.822 e. The van der Waals surface area contributed by atoms with Crippen LogP contribution in [0.1, 0.15) is 0 Å². The summed E-state index contributed by atoms with van der Waals surface area (Å²) in [6.07, 6.45) is 0. The largest absolute Gasteiger partial charge is 1.00 e. The minimum absolute atomic E-state index is 0. The van der Waals surface area contributed by atoms with Crippen molar-refractivity contribution < 1.29 is 80.2 Å². The molecular weight excluding hydrogens is 224 g/mol. The number of nitrogens with zero attached hydrogens (tertiary/aromatic N) is 1. The Balaban J connectivity index is -0.000000150. The van der Waals surface area contributed by atoms with Crippen LogP contribution >= 0.6 is 7.82 Å². The van der Waals surface area contributed by atoms with Gasteiger partial charge in [-0.05, 0) is 0 Å². The van der Waals surface area contributed by atoms with Gasteiger partial charge in [-0.3, -0.25) is 0 Å². The summed E-state index contributed by atoms with van der Waals surface area (Å²) < 4.78 is 9.39. The molecule has 0 fully saturated rings. The Morgan fingerprint density at radius 1 is 1.23 bits per heavy atom. The van der Waals surface area contributed by atoms with Crippen molar-refractivity contribution >= 4 is 7.82 Å². The van der Waals surface area contributed by atoms with Gasteiger partial charge < -0.3 is 28.8 Å². The zero-order chi connectivity index (χ0) is 10.4. The maximum Gasteiger partial charge on any atom is 1.00 e. The van der Waals surface area contributed by atoms with E-state index >= 15 is 0 Å². The zero-order valence-electron chi connectivity index (χ0n) is 8.39. The van der Waals surface area contributed by atoms with Crippen molar-refractivity contribution in [2.45, 2.75) is 0 Å². The molecule has 1 N–H and O–H groups in total. The van der Waals surface area contributed by atoms with Crippen molar-refractivity contribution in [2.24, 2.45) is 0 Å². The molecule has 0 aromatic heterocycles. The molecule has 13 heavy (non-hydrogen) atoms. The first-order valence-corrected chi connectivity index (χ1v) is 4.66. The monoisotopic (exact) mass is 238 g/mol. The van der Waals surface area contributed by atoms with Gasteiger partial charge in [0.2, 0.25) is 0 Å². The number of phosphoric acid groups is 1. The number of hydrogen-bond acceptors (Lipinski definition) is 5. The van der Waals surface area contributed by atoms with E-state index in [1.54, 1.807) is 0 Å². The van der Waals surface area contributed by atoms with Gasteiger partial charge in [-0.15, -0.1) is 0 Å². The van der Waals surface area contributed by atoms with Crippen LogP contribution in [0.3, 0.4) is 0 Å². The molecule has 0 radical (unpaired) electrons. The van der Waals surface area contributed by atoms with Gasteiger partial charge >= 0.3 is 51.4 Å². The van der Waals surface area contributed by atoms with E-state index in [2.05, 4.69) is 21.1 Å². The number of quaternary nitrogens is 1. The van der Waals surface area contributed by atoms with Crippen LogP contribution in [-0.4, -0.2) is 43.9 Å². The maximum absolute atomic E-state index is 8.55. The fourth-order valence-electron chi connectivity index (χ4n) is 0.300. The van der Waals surface area contributed by atoms with E-state index < -0.39 is 7.82 Å². The molecule has 0 saturated carbocycles. The molecule has 0 heterocycles. The Morgan fingerprint density at radius 2 is 1.46 bits per heavy atom. The second-order valence-electron chi connectivity index (χ2n) is 3.18. The van der Waals surface area contributed by atoms with E-state index in [9.17, 15) is 0 Å². The molecule has 0 aliphatic carbocycles. The summed E-state index contributed by atoms with van der Waals surface area (Å²) in [5, 5.41) is 8.39. The average molecular weight is 238 g/mol. The third-order valence-corrected chi connectivity index (χ3v) is 0.771. The predicted molar refractivity (Wildman–Crippen MR) is 37.6 cm³/mol. The van der Waals surface area contributed by atoms with Gasteiger partial charge in [0, 0.05) is 0 Å². The number of aliphatic hydroxyl groups is 1. The summed E-state index contributed by atoms with van der Waals surface area (Å²) in [5.41, 5.74) is 0. The molecule has 0 amide bonds. The number of rotatable bonds is 2. The fraction of sp³-hybridized carbons (Fsp3) is 1.00. The third-order valence-electron chi connectivity index (χ3n) is 0.771. The molecule has 0 aliphatic heterocycles. The third kappa shape index (κ3) is 57.9. The molecule has 0 bridgehead atoms. The van der Waals surface area contributed by atoms with Crippen LogP contribution in [-0.2, 0) is 4.57 Å². The fourth-order valence-corrected chi connectivity index (χ4v) is 0.300. The Labute approximate surface area is 121 Å².